The van der Waals surface area contributed by atoms with Gasteiger partial charge >= 0.3 is 5.97 Å². The monoisotopic (exact) mass is 188 g/mol. The van der Waals surface area contributed by atoms with E-state index in [0.29, 0.717) is 25.7 Å². The van der Waals surface area contributed by atoms with Gasteiger partial charge in [-0.25, -0.2) is 4.39 Å². The number of carbonyl (C=O) groups is 1. The van der Waals surface area contributed by atoms with Crippen molar-refractivity contribution in [2.45, 2.75) is 45.7 Å². The third kappa shape index (κ3) is 1.84. The van der Waals surface area contributed by atoms with Gasteiger partial charge in [0, 0.05) is 0 Å². The van der Waals surface area contributed by atoms with Crippen LogP contribution in [0.3, 0.4) is 0 Å². The molecule has 1 N–H and O–H groups in total. The van der Waals surface area contributed by atoms with Crippen LogP contribution in [-0.4, -0.2) is 17.2 Å². The Balaban J connectivity index is 2.75. The van der Waals surface area contributed by atoms with Crippen LogP contribution in [0, 0.1) is 11.3 Å². The lowest BCUT2D eigenvalue weighted by atomic mass is 9.66. The van der Waals surface area contributed by atoms with Gasteiger partial charge in [-0.15, -0.1) is 0 Å². The molecule has 0 aromatic heterocycles. The molecule has 0 amide bonds. The summed E-state index contributed by atoms with van der Waals surface area (Å²) in [5.74, 6) is -0.660. The van der Waals surface area contributed by atoms with E-state index in [1.54, 1.807) is 0 Å². The summed E-state index contributed by atoms with van der Waals surface area (Å²) in [7, 11) is 0. The number of alkyl halides is 1. The van der Waals surface area contributed by atoms with E-state index in [0.717, 1.165) is 0 Å². The molecule has 1 aliphatic rings. The molecule has 0 atom stereocenters. The number of carboxylic acid groups (broad SMARTS) is 1. The number of halogens is 1. The van der Waals surface area contributed by atoms with Crippen LogP contribution in [0.1, 0.15) is 39.5 Å². The van der Waals surface area contributed by atoms with E-state index in [4.69, 9.17) is 5.11 Å². The summed E-state index contributed by atoms with van der Waals surface area (Å²) in [5.41, 5.74) is -0.664. The van der Waals surface area contributed by atoms with Gasteiger partial charge in [0.25, 0.3) is 0 Å². The molecule has 2 nitrogen and oxygen atoms in total. The molecular weight excluding hydrogens is 171 g/mol. The minimum atomic E-state index is -0.786. The minimum absolute atomic E-state index is 0.0949. The topological polar surface area (TPSA) is 37.3 Å². The SMILES string of the molecule is CC(C)C1(C(=O)O)CCC(F)CC1. The molecule has 0 aliphatic heterocycles. The van der Waals surface area contributed by atoms with Crippen LogP contribution < -0.4 is 0 Å². The van der Waals surface area contributed by atoms with Gasteiger partial charge in [-0.05, 0) is 31.6 Å². The van der Waals surface area contributed by atoms with Gasteiger partial charge in [-0.1, -0.05) is 13.8 Å². The molecule has 0 aromatic carbocycles. The van der Waals surface area contributed by atoms with Crippen molar-refractivity contribution in [2.24, 2.45) is 11.3 Å². The normalized spacial score (nSPS) is 34.9. The van der Waals surface area contributed by atoms with Gasteiger partial charge in [-0.2, -0.15) is 0 Å². The Bertz CT molecular complexity index is 193. The lowest BCUT2D eigenvalue weighted by Gasteiger charge is -2.37. The molecule has 13 heavy (non-hydrogen) atoms. The summed E-state index contributed by atoms with van der Waals surface area (Å²) in [5, 5.41) is 9.12. The molecule has 3 heteroatoms. The molecule has 0 radical (unpaired) electrons. The summed E-state index contributed by atoms with van der Waals surface area (Å²) in [4.78, 5) is 11.1. The van der Waals surface area contributed by atoms with Crippen molar-refractivity contribution in [1.29, 1.82) is 0 Å². The Morgan fingerprint density at radius 1 is 1.46 bits per heavy atom. The first kappa shape index (κ1) is 10.5. The number of carboxylic acids is 1. The second kappa shape index (κ2) is 3.64. The highest BCUT2D eigenvalue weighted by Gasteiger charge is 2.44. The minimum Gasteiger partial charge on any atom is -0.481 e. The molecule has 1 rings (SSSR count). The molecule has 1 saturated carbocycles. The first-order valence-electron chi connectivity index (χ1n) is 4.86. The quantitative estimate of drug-likeness (QED) is 0.723. The number of aliphatic carboxylic acids is 1. The zero-order valence-corrected chi connectivity index (χ0v) is 8.22. The van der Waals surface area contributed by atoms with E-state index in [1.165, 1.54) is 0 Å². The van der Waals surface area contributed by atoms with Crippen molar-refractivity contribution in [2.75, 3.05) is 0 Å². The summed E-state index contributed by atoms with van der Waals surface area (Å²) in [6.45, 7) is 3.82. The van der Waals surface area contributed by atoms with E-state index in [-0.39, 0.29) is 5.92 Å². The van der Waals surface area contributed by atoms with Gasteiger partial charge in [-0.3, -0.25) is 4.79 Å². The van der Waals surface area contributed by atoms with Gasteiger partial charge in [0.05, 0.1) is 5.41 Å². The summed E-state index contributed by atoms with van der Waals surface area (Å²) in [6.07, 6.45) is 1.00. The van der Waals surface area contributed by atoms with E-state index in [1.807, 2.05) is 13.8 Å². The molecule has 0 heterocycles. The van der Waals surface area contributed by atoms with E-state index < -0.39 is 17.6 Å². The highest BCUT2D eigenvalue weighted by Crippen LogP contribution is 2.43. The Labute approximate surface area is 78.1 Å². The number of hydrogen-bond donors (Lipinski definition) is 1. The third-order valence-electron chi connectivity index (χ3n) is 3.34. The van der Waals surface area contributed by atoms with Crippen LogP contribution in [0.5, 0.6) is 0 Å². The number of rotatable bonds is 2. The Hall–Kier alpha value is -0.600. The second-order valence-corrected chi connectivity index (χ2v) is 4.29. The van der Waals surface area contributed by atoms with E-state index in [2.05, 4.69) is 0 Å². The Morgan fingerprint density at radius 2 is 1.92 bits per heavy atom. The molecule has 0 aromatic rings. The molecular formula is C10H17FO2. The highest BCUT2D eigenvalue weighted by molar-refractivity contribution is 5.75. The molecule has 0 saturated heterocycles. The standard InChI is InChI=1S/C10H17FO2/c1-7(2)10(9(12)13)5-3-8(11)4-6-10/h7-8H,3-6H2,1-2H3,(H,12,13). The lowest BCUT2D eigenvalue weighted by molar-refractivity contribution is -0.155. The molecule has 0 spiro atoms. The van der Waals surface area contributed by atoms with Crippen LogP contribution >= 0.6 is 0 Å². The second-order valence-electron chi connectivity index (χ2n) is 4.29. The molecule has 76 valence electrons. The average Bonchev–Trinajstić information content (AvgIpc) is 2.04. The maximum atomic E-state index is 12.9. The fourth-order valence-electron chi connectivity index (χ4n) is 2.14. The predicted molar refractivity (Wildman–Crippen MR) is 48.3 cm³/mol. The maximum absolute atomic E-state index is 12.9. The fourth-order valence-corrected chi connectivity index (χ4v) is 2.14. The summed E-state index contributed by atoms with van der Waals surface area (Å²) >= 11 is 0. The smallest absolute Gasteiger partial charge is 0.309 e. The fraction of sp³-hybridized carbons (Fsp3) is 0.900. The zero-order chi connectivity index (χ0) is 10.1. The first-order chi connectivity index (χ1) is 5.99. The molecule has 1 fully saturated rings. The van der Waals surface area contributed by atoms with Gasteiger partial charge in [0.15, 0.2) is 0 Å². The maximum Gasteiger partial charge on any atom is 0.309 e. The summed E-state index contributed by atoms with van der Waals surface area (Å²) in [6, 6.07) is 0. The Kier molecular flexibility index (Phi) is 2.94. The third-order valence-corrected chi connectivity index (χ3v) is 3.34. The van der Waals surface area contributed by atoms with Crippen molar-refractivity contribution < 1.29 is 14.3 Å². The van der Waals surface area contributed by atoms with Gasteiger partial charge in [0.2, 0.25) is 0 Å². The number of hydrogen-bond acceptors (Lipinski definition) is 1. The van der Waals surface area contributed by atoms with Crippen molar-refractivity contribution in [3.8, 4) is 0 Å². The highest BCUT2D eigenvalue weighted by atomic mass is 19.1. The zero-order valence-electron chi connectivity index (χ0n) is 8.22. The molecule has 0 bridgehead atoms. The summed E-state index contributed by atoms with van der Waals surface area (Å²) < 4.78 is 12.9. The van der Waals surface area contributed by atoms with E-state index in [9.17, 15) is 9.18 Å². The van der Waals surface area contributed by atoms with Crippen molar-refractivity contribution >= 4 is 5.97 Å². The van der Waals surface area contributed by atoms with Gasteiger partial charge in [0.1, 0.15) is 6.17 Å². The molecule has 0 unspecified atom stereocenters. The van der Waals surface area contributed by atoms with Crippen LogP contribution in [-0.2, 0) is 4.79 Å². The van der Waals surface area contributed by atoms with Crippen LogP contribution in [0.25, 0.3) is 0 Å². The van der Waals surface area contributed by atoms with Crippen LogP contribution in [0.2, 0.25) is 0 Å². The van der Waals surface area contributed by atoms with Crippen LogP contribution in [0.4, 0.5) is 4.39 Å². The lowest BCUT2D eigenvalue weighted by Crippen LogP contribution is -2.40. The Morgan fingerprint density at radius 3 is 2.23 bits per heavy atom. The van der Waals surface area contributed by atoms with Crippen molar-refractivity contribution in [1.82, 2.24) is 0 Å². The van der Waals surface area contributed by atoms with Crippen molar-refractivity contribution in [3.63, 3.8) is 0 Å². The first-order valence-corrected chi connectivity index (χ1v) is 4.86. The largest absolute Gasteiger partial charge is 0.481 e. The molecule has 1 aliphatic carbocycles. The predicted octanol–water partition coefficient (Wildman–Crippen LogP) is 2.63. The van der Waals surface area contributed by atoms with Crippen molar-refractivity contribution in [3.05, 3.63) is 0 Å². The van der Waals surface area contributed by atoms with Crippen LogP contribution in [0.15, 0.2) is 0 Å². The van der Waals surface area contributed by atoms with Gasteiger partial charge < -0.3 is 5.11 Å². The van der Waals surface area contributed by atoms with E-state index >= 15 is 0 Å². The average molecular weight is 188 g/mol.